The second kappa shape index (κ2) is 8.45. The Hall–Kier alpha value is -1.91. The van der Waals surface area contributed by atoms with Gasteiger partial charge in [0.15, 0.2) is 0 Å². The molecule has 0 amide bonds. The predicted molar refractivity (Wildman–Crippen MR) is 129 cm³/mol. The lowest BCUT2D eigenvalue weighted by Gasteiger charge is -2.24. The Bertz CT molecular complexity index is 976. The average Bonchev–Trinajstić information content (AvgIpc) is 3.48. The normalized spacial score (nSPS) is 17.8. The smallest absolute Gasteiger partial charge is 0.0146 e. The number of hydrogen-bond acceptors (Lipinski definition) is 0. The Kier molecular flexibility index (Phi) is 5.56. The van der Waals surface area contributed by atoms with Crippen LogP contribution in [0.1, 0.15) is 74.3 Å². The zero-order chi connectivity index (χ0) is 19.6. The van der Waals surface area contributed by atoms with Crippen molar-refractivity contribution in [3.63, 3.8) is 0 Å². The molecule has 0 saturated heterocycles. The number of rotatable bonds is 4. The van der Waals surface area contributed by atoms with Gasteiger partial charge in [0.2, 0.25) is 0 Å². The lowest BCUT2D eigenvalue weighted by atomic mass is 9.80. The van der Waals surface area contributed by atoms with Crippen molar-refractivity contribution in [1.29, 1.82) is 0 Å². The Morgan fingerprint density at radius 1 is 0.586 bits per heavy atom. The molecule has 0 spiro atoms. The van der Waals surface area contributed by atoms with E-state index < -0.39 is 0 Å². The fourth-order valence-corrected chi connectivity index (χ4v) is 6.06. The molecule has 0 bridgehead atoms. The molecule has 3 aromatic carbocycles. The first-order valence-corrected chi connectivity index (χ1v) is 12.0. The van der Waals surface area contributed by atoms with Gasteiger partial charge < -0.3 is 0 Å². The van der Waals surface area contributed by atoms with Crippen molar-refractivity contribution < 1.29 is 0 Å². The highest BCUT2D eigenvalue weighted by atomic mass is 31.0. The van der Waals surface area contributed by atoms with Crippen molar-refractivity contribution >= 4 is 14.5 Å². The van der Waals surface area contributed by atoms with Crippen molar-refractivity contribution in [3.8, 4) is 22.3 Å². The molecule has 2 fully saturated rings. The SMILES string of the molecule is Pc1cc(-c2ccccc2)cc(-c2cccc(C3CCCC3)c2C2CCCC2)c1. The maximum atomic E-state index is 2.93. The van der Waals surface area contributed by atoms with Gasteiger partial charge in [-0.05, 0) is 94.4 Å². The van der Waals surface area contributed by atoms with E-state index in [9.17, 15) is 0 Å². The molecule has 1 atom stereocenters. The van der Waals surface area contributed by atoms with E-state index in [1.807, 2.05) is 0 Å². The van der Waals surface area contributed by atoms with Crippen LogP contribution in [0.25, 0.3) is 22.3 Å². The maximum absolute atomic E-state index is 2.93. The molecule has 1 heteroatoms. The van der Waals surface area contributed by atoms with Crippen LogP contribution in [0, 0.1) is 0 Å². The van der Waals surface area contributed by atoms with Crippen molar-refractivity contribution in [3.05, 3.63) is 77.9 Å². The van der Waals surface area contributed by atoms with Crippen molar-refractivity contribution in [1.82, 2.24) is 0 Å². The first-order valence-electron chi connectivity index (χ1n) is 11.4. The van der Waals surface area contributed by atoms with Crippen LogP contribution in [-0.4, -0.2) is 0 Å². The first-order chi connectivity index (χ1) is 14.3. The summed E-state index contributed by atoms with van der Waals surface area (Å²) in [4.78, 5) is 0. The number of hydrogen-bond donors (Lipinski definition) is 0. The molecule has 0 N–H and O–H groups in total. The molecular weight excluding hydrogens is 367 g/mol. The highest BCUT2D eigenvalue weighted by Gasteiger charge is 2.28. The summed E-state index contributed by atoms with van der Waals surface area (Å²) in [7, 11) is 2.93. The lowest BCUT2D eigenvalue weighted by molar-refractivity contribution is 0.666. The molecule has 0 aromatic heterocycles. The summed E-state index contributed by atoms with van der Waals surface area (Å²) in [5, 5.41) is 1.27. The summed E-state index contributed by atoms with van der Waals surface area (Å²) in [6.07, 6.45) is 11.1. The fraction of sp³-hybridized carbons (Fsp3) is 0.357. The molecule has 0 heterocycles. The van der Waals surface area contributed by atoms with Gasteiger partial charge in [-0.25, -0.2) is 0 Å². The first kappa shape index (κ1) is 19.1. The van der Waals surface area contributed by atoms with Crippen molar-refractivity contribution in [2.75, 3.05) is 0 Å². The third kappa shape index (κ3) is 3.93. The molecule has 2 aliphatic carbocycles. The maximum Gasteiger partial charge on any atom is -0.0146 e. The van der Waals surface area contributed by atoms with Crippen LogP contribution < -0.4 is 5.30 Å². The molecule has 1 unspecified atom stereocenters. The summed E-state index contributed by atoms with van der Waals surface area (Å²) in [6, 6.07) is 25.0. The molecule has 29 heavy (non-hydrogen) atoms. The van der Waals surface area contributed by atoms with Crippen LogP contribution in [0.4, 0.5) is 0 Å². The van der Waals surface area contributed by atoms with Crippen molar-refractivity contribution in [2.45, 2.75) is 63.2 Å². The standard InChI is InChI=1S/C28H31P/c29-25-18-23(20-9-2-1-3-10-20)17-24(19-25)27-16-8-15-26(21-11-4-5-12-21)28(27)22-13-6-7-14-22/h1-3,8-10,15-19,21-22H,4-7,11-14,29H2. The van der Waals surface area contributed by atoms with Gasteiger partial charge in [-0.15, -0.1) is 9.24 Å². The van der Waals surface area contributed by atoms with Gasteiger partial charge in [-0.3, -0.25) is 0 Å². The molecular formula is C28H31P. The monoisotopic (exact) mass is 398 g/mol. The minimum Gasteiger partial charge on any atom is -0.106 e. The van der Waals surface area contributed by atoms with Crippen LogP contribution >= 0.6 is 9.24 Å². The summed E-state index contributed by atoms with van der Waals surface area (Å²) < 4.78 is 0. The molecule has 2 aliphatic rings. The van der Waals surface area contributed by atoms with E-state index in [1.54, 1.807) is 11.1 Å². The van der Waals surface area contributed by atoms with Gasteiger partial charge in [0.25, 0.3) is 0 Å². The average molecular weight is 399 g/mol. The van der Waals surface area contributed by atoms with E-state index in [4.69, 9.17) is 0 Å². The Labute approximate surface area is 178 Å². The van der Waals surface area contributed by atoms with Gasteiger partial charge in [0, 0.05) is 0 Å². The molecule has 5 rings (SSSR count). The van der Waals surface area contributed by atoms with Crippen LogP contribution in [0.15, 0.2) is 66.7 Å². The van der Waals surface area contributed by atoms with Crippen LogP contribution in [0.2, 0.25) is 0 Å². The van der Waals surface area contributed by atoms with Gasteiger partial charge in [0.05, 0.1) is 0 Å². The summed E-state index contributed by atoms with van der Waals surface area (Å²) in [6.45, 7) is 0. The molecule has 0 nitrogen and oxygen atoms in total. The largest absolute Gasteiger partial charge is 0.106 e. The summed E-state index contributed by atoms with van der Waals surface area (Å²) in [5.41, 5.74) is 8.85. The van der Waals surface area contributed by atoms with Gasteiger partial charge in [-0.1, -0.05) is 74.2 Å². The van der Waals surface area contributed by atoms with Crippen molar-refractivity contribution in [2.24, 2.45) is 0 Å². The van der Waals surface area contributed by atoms with E-state index >= 15 is 0 Å². The van der Waals surface area contributed by atoms with E-state index in [2.05, 4.69) is 76.0 Å². The zero-order valence-corrected chi connectivity index (χ0v) is 18.4. The van der Waals surface area contributed by atoms with E-state index in [0.717, 1.165) is 11.8 Å². The highest BCUT2D eigenvalue weighted by Crippen LogP contribution is 2.46. The van der Waals surface area contributed by atoms with E-state index in [0.29, 0.717) is 0 Å². The van der Waals surface area contributed by atoms with Crippen LogP contribution in [0.5, 0.6) is 0 Å². The van der Waals surface area contributed by atoms with Crippen LogP contribution in [0.3, 0.4) is 0 Å². The lowest BCUT2D eigenvalue weighted by Crippen LogP contribution is -2.06. The Balaban J connectivity index is 1.66. The molecule has 148 valence electrons. The number of benzene rings is 3. The summed E-state index contributed by atoms with van der Waals surface area (Å²) in [5.74, 6) is 1.52. The van der Waals surface area contributed by atoms with Gasteiger partial charge >= 0.3 is 0 Å². The minimum atomic E-state index is 0.746. The fourth-order valence-electron chi connectivity index (χ4n) is 5.70. The van der Waals surface area contributed by atoms with Gasteiger partial charge in [-0.2, -0.15) is 0 Å². The topological polar surface area (TPSA) is 0 Å². The highest BCUT2D eigenvalue weighted by molar-refractivity contribution is 7.27. The van der Waals surface area contributed by atoms with E-state index in [1.165, 1.54) is 78.9 Å². The quantitative estimate of drug-likeness (QED) is 0.393. The minimum absolute atomic E-state index is 0.746. The molecule has 0 radical (unpaired) electrons. The summed E-state index contributed by atoms with van der Waals surface area (Å²) >= 11 is 0. The second-order valence-electron chi connectivity index (χ2n) is 8.98. The zero-order valence-electron chi connectivity index (χ0n) is 17.2. The second-order valence-corrected chi connectivity index (χ2v) is 9.65. The van der Waals surface area contributed by atoms with E-state index in [-0.39, 0.29) is 0 Å². The van der Waals surface area contributed by atoms with Crippen LogP contribution in [-0.2, 0) is 0 Å². The third-order valence-electron chi connectivity index (χ3n) is 7.07. The Morgan fingerprint density at radius 2 is 1.24 bits per heavy atom. The Morgan fingerprint density at radius 3 is 1.97 bits per heavy atom. The molecule has 0 aliphatic heterocycles. The molecule has 2 saturated carbocycles. The van der Waals surface area contributed by atoms with Gasteiger partial charge in [0.1, 0.15) is 0 Å². The molecule has 3 aromatic rings. The third-order valence-corrected chi connectivity index (χ3v) is 7.41. The predicted octanol–water partition coefficient (Wildman–Crippen LogP) is 7.84.